The molecule has 0 amide bonds. The van der Waals surface area contributed by atoms with Crippen LogP contribution in [0.3, 0.4) is 0 Å². The first kappa shape index (κ1) is 11.2. The zero-order valence-corrected chi connectivity index (χ0v) is 9.60. The van der Waals surface area contributed by atoms with E-state index in [0.29, 0.717) is 16.9 Å². The van der Waals surface area contributed by atoms with Gasteiger partial charge in [-0.3, -0.25) is 4.79 Å². The predicted octanol–water partition coefficient (Wildman–Crippen LogP) is 2.72. The highest BCUT2D eigenvalue weighted by Crippen LogP contribution is 2.30. The lowest BCUT2D eigenvalue weighted by Crippen LogP contribution is -1.98. The van der Waals surface area contributed by atoms with Crippen LogP contribution in [0.1, 0.15) is 17.3 Å². The number of hydrogen-bond donors (Lipinski definition) is 2. The van der Waals surface area contributed by atoms with Crippen molar-refractivity contribution < 1.29 is 4.79 Å². The van der Waals surface area contributed by atoms with Crippen molar-refractivity contribution in [1.82, 2.24) is 0 Å². The van der Waals surface area contributed by atoms with Gasteiger partial charge in [0.2, 0.25) is 0 Å². The van der Waals surface area contributed by atoms with Crippen LogP contribution in [0, 0.1) is 0 Å². The Hall–Kier alpha value is -2.29. The zero-order chi connectivity index (χ0) is 12.4. The lowest BCUT2D eigenvalue weighted by atomic mass is 9.99. The number of rotatable bonds is 2. The molecule has 17 heavy (non-hydrogen) atoms. The summed E-state index contributed by atoms with van der Waals surface area (Å²) < 4.78 is 0. The Bertz CT molecular complexity index is 576. The van der Waals surface area contributed by atoms with Crippen LogP contribution < -0.4 is 11.5 Å². The lowest BCUT2D eigenvalue weighted by molar-refractivity contribution is 0.101. The molecule has 0 spiro atoms. The van der Waals surface area contributed by atoms with Crippen LogP contribution in [0.2, 0.25) is 0 Å². The van der Waals surface area contributed by atoms with E-state index in [1.807, 2.05) is 30.3 Å². The molecule has 0 unspecified atom stereocenters. The highest BCUT2D eigenvalue weighted by molar-refractivity contribution is 5.97. The third kappa shape index (κ3) is 2.13. The summed E-state index contributed by atoms with van der Waals surface area (Å²) in [5.41, 5.74) is 15.4. The number of anilines is 2. The van der Waals surface area contributed by atoms with E-state index < -0.39 is 0 Å². The standard InChI is InChI=1S/C14H14N2O/c1-9(17)10-6-7-12(14(16)8-10)11-4-2-3-5-13(11)15/h2-8H,15-16H2,1H3. The number of nitrogens with two attached hydrogens (primary N) is 2. The molecule has 0 atom stereocenters. The molecule has 3 heteroatoms. The molecule has 0 aliphatic heterocycles. The maximum absolute atomic E-state index is 11.2. The van der Waals surface area contributed by atoms with Crippen LogP contribution in [-0.2, 0) is 0 Å². The lowest BCUT2D eigenvalue weighted by Gasteiger charge is -2.09. The Labute approximate surface area is 100 Å². The van der Waals surface area contributed by atoms with E-state index in [4.69, 9.17) is 11.5 Å². The van der Waals surface area contributed by atoms with Gasteiger partial charge in [0.05, 0.1) is 0 Å². The smallest absolute Gasteiger partial charge is 0.159 e. The molecule has 0 aliphatic carbocycles. The summed E-state index contributed by atoms with van der Waals surface area (Å²) in [6.45, 7) is 1.52. The maximum atomic E-state index is 11.2. The molecule has 0 heterocycles. The van der Waals surface area contributed by atoms with E-state index in [1.54, 1.807) is 12.1 Å². The third-order valence-corrected chi connectivity index (χ3v) is 2.71. The van der Waals surface area contributed by atoms with E-state index >= 15 is 0 Å². The molecule has 0 aromatic heterocycles. The van der Waals surface area contributed by atoms with Gasteiger partial charge in [0.25, 0.3) is 0 Å². The molecule has 3 nitrogen and oxygen atoms in total. The summed E-state index contributed by atoms with van der Waals surface area (Å²) in [7, 11) is 0. The molecule has 0 radical (unpaired) electrons. The number of benzene rings is 2. The van der Waals surface area contributed by atoms with E-state index in [9.17, 15) is 4.79 Å². The van der Waals surface area contributed by atoms with Gasteiger partial charge in [-0.2, -0.15) is 0 Å². The summed E-state index contributed by atoms with van der Waals surface area (Å²) in [6, 6.07) is 12.8. The molecule has 0 fully saturated rings. The summed E-state index contributed by atoms with van der Waals surface area (Å²) in [5.74, 6) is 0.00397. The maximum Gasteiger partial charge on any atom is 0.159 e. The molecule has 0 aliphatic rings. The van der Waals surface area contributed by atoms with Gasteiger partial charge in [-0.1, -0.05) is 30.3 Å². The second-order valence-corrected chi connectivity index (χ2v) is 3.95. The van der Waals surface area contributed by atoms with Crippen molar-refractivity contribution in [2.45, 2.75) is 6.92 Å². The number of carbonyl (C=O) groups is 1. The van der Waals surface area contributed by atoms with Crippen LogP contribution in [0.25, 0.3) is 11.1 Å². The SMILES string of the molecule is CC(=O)c1ccc(-c2ccccc2N)c(N)c1. The van der Waals surface area contributed by atoms with E-state index in [1.165, 1.54) is 6.92 Å². The van der Waals surface area contributed by atoms with Crippen molar-refractivity contribution in [1.29, 1.82) is 0 Å². The quantitative estimate of drug-likeness (QED) is 0.611. The Morgan fingerprint density at radius 3 is 2.18 bits per heavy atom. The Morgan fingerprint density at radius 2 is 1.59 bits per heavy atom. The van der Waals surface area contributed by atoms with Gasteiger partial charge in [-0.15, -0.1) is 0 Å². The number of hydrogen-bond acceptors (Lipinski definition) is 3. The molecule has 2 aromatic rings. The second kappa shape index (κ2) is 4.29. The van der Waals surface area contributed by atoms with Crippen molar-refractivity contribution in [3.05, 3.63) is 48.0 Å². The minimum atomic E-state index is 0.00397. The van der Waals surface area contributed by atoms with Crippen molar-refractivity contribution in [3.8, 4) is 11.1 Å². The Morgan fingerprint density at radius 1 is 0.941 bits per heavy atom. The Balaban J connectivity index is 2.55. The fourth-order valence-electron chi connectivity index (χ4n) is 1.77. The van der Waals surface area contributed by atoms with Gasteiger partial charge >= 0.3 is 0 Å². The molecule has 0 saturated heterocycles. The second-order valence-electron chi connectivity index (χ2n) is 3.95. The van der Waals surface area contributed by atoms with Crippen molar-refractivity contribution in [2.24, 2.45) is 0 Å². The summed E-state index contributed by atoms with van der Waals surface area (Å²) in [6.07, 6.45) is 0. The van der Waals surface area contributed by atoms with Gasteiger partial charge in [-0.25, -0.2) is 0 Å². The minimum absolute atomic E-state index is 0.00397. The van der Waals surface area contributed by atoms with Gasteiger partial charge in [-0.05, 0) is 19.1 Å². The molecule has 2 aromatic carbocycles. The molecule has 4 N–H and O–H groups in total. The largest absolute Gasteiger partial charge is 0.398 e. The summed E-state index contributed by atoms with van der Waals surface area (Å²) >= 11 is 0. The molecule has 0 bridgehead atoms. The molecular formula is C14H14N2O. The first-order valence-corrected chi connectivity index (χ1v) is 5.35. The minimum Gasteiger partial charge on any atom is -0.398 e. The number of carbonyl (C=O) groups excluding carboxylic acids is 1. The zero-order valence-electron chi connectivity index (χ0n) is 9.60. The highest BCUT2D eigenvalue weighted by atomic mass is 16.1. The first-order valence-electron chi connectivity index (χ1n) is 5.35. The van der Waals surface area contributed by atoms with Crippen molar-refractivity contribution in [3.63, 3.8) is 0 Å². The average Bonchev–Trinajstić information content (AvgIpc) is 2.30. The Kier molecular flexibility index (Phi) is 2.83. The van der Waals surface area contributed by atoms with E-state index in [-0.39, 0.29) is 5.78 Å². The van der Waals surface area contributed by atoms with Crippen LogP contribution in [-0.4, -0.2) is 5.78 Å². The van der Waals surface area contributed by atoms with Gasteiger partial charge < -0.3 is 11.5 Å². The van der Waals surface area contributed by atoms with Crippen molar-refractivity contribution in [2.75, 3.05) is 11.5 Å². The predicted molar refractivity (Wildman–Crippen MR) is 70.7 cm³/mol. The fraction of sp³-hybridized carbons (Fsp3) is 0.0714. The number of Topliss-reactive ketones (excluding diaryl/α,β-unsaturated/α-hetero) is 1. The van der Waals surface area contributed by atoms with Crippen LogP contribution in [0.4, 0.5) is 11.4 Å². The third-order valence-electron chi connectivity index (χ3n) is 2.71. The van der Waals surface area contributed by atoms with Gasteiger partial charge in [0, 0.05) is 28.1 Å². The van der Waals surface area contributed by atoms with E-state index in [2.05, 4.69) is 0 Å². The highest BCUT2D eigenvalue weighted by Gasteiger charge is 2.08. The molecule has 86 valence electrons. The number of para-hydroxylation sites is 1. The van der Waals surface area contributed by atoms with Crippen LogP contribution in [0.15, 0.2) is 42.5 Å². The molecular weight excluding hydrogens is 212 g/mol. The first-order chi connectivity index (χ1) is 8.09. The monoisotopic (exact) mass is 226 g/mol. The normalized spacial score (nSPS) is 10.2. The molecule has 2 rings (SSSR count). The summed E-state index contributed by atoms with van der Waals surface area (Å²) in [4.78, 5) is 11.2. The summed E-state index contributed by atoms with van der Waals surface area (Å²) in [5, 5.41) is 0. The topological polar surface area (TPSA) is 69.1 Å². The van der Waals surface area contributed by atoms with Crippen molar-refractivity contribution >= 4 is 17.2 Å². The molecule has 0 saturated carbocycles. The van der Waals surface area contributed by atoms with Crippen LogP contribution in [0.5, 0.6) is 0 Å². The van der Waals surface area contributed by atoms with Gasteiger partial charge in [0.1, 0.15) is 0 Å². The van der Waals surface area contributed by atoms with Crippen LogP contribution >= 0.6 is 0 Å². The van der Waals surface area contributed by atoms with Gasteiger partial charge in [0.15, 0.2) is 5.78 Å². The average molecular weight is 226 g/mol. The van der Waals surface area contributed by atoms with E-state index in [0.717, 1.165) is 11.1 Å². The number of nitrogen functional groups attached to an aromatic ring is 2. The number of ketones is 1. The fourth-order valence-corrected chi connectivity index (χ4v) is 1.77.